The molecule has 0 saturated carbocycles. The summed E-state index contributed by atoms with van der Waals surface area (Å²) in [5.41, 5.74) is 0. The van der Waals surface area contributed by atoms with Crippen molar-refractivity contribution in [3.05, 3.63) is 0 Å². The van der Waals surface area contributed by atoms with Crippen molar-refractivity contribution in [1.82, 2.24) is 0 Å². The van der Waals surface area contributed by atoms with Gasteiger partial charge in [0.15, 0.2) is 0 Å². The van der Waals surface area contributed by atoms with Crippen LogP contribution < -0.4 is 20.4 Å². The average Bonchev–Trinajstić information content (AvgIpc) is 2.62. The van der Waals surface area contributed by atoms with E-state index in [-0.39, 0.29) is 27.3 Å². The van der Waals surface area contributed by atoms with Gasteiger partial charge in [0, 0.05) is 0 Å². The molecule has 0 heterocycles. The zero-order valence-corrected chi connectivity index (χ0v) is 17.8. The predicted octanol–water partition coefficient (Wildman–Crippen LogP) is -12.5. The quantitative estimate of drug-likeness (QED) is 0.105. The predicted molar refractivity (Wildman–Crippen MR) is 73.8 cm³/mol. The minimum absolute atomic E-state index is 0. The molecule has 0 aliphatic heterocycles. The van der Waals surface area contributed by atoms with Gasteiger partial charge in [0.25, 0.3) is 0 Å². The van der Waals surface area contributed by atoms with E-state index in [0.717, 1.165) is 0 Å². The number of carboxylic acids is 4. The molecule has 0 amide bonds. The van der Waals surface area contributed by atoms with Crippen LogP contribution in [0.5, 0.6) is 0 Å². The summed E-state index contributed by atoms with van der Waals surface area (Å²) in [5.74, 6) is -8.44. The van der Waals surface area contributed by atoms with Gasteiger partial charge in [-0.05, 0) is 0 Å². The Kier molecular flexibility index (Phi) is 16.0. The second-order valence-corrected chi connectivity index (χ2v) is 5.02. The number of carbonyl (C=O) groups excluding carboxylic acids is 4. The van der Waals surface area contributed by atoms with E-state index >= 15 is 0 Å². The van der Waals surface area contributed by atoms with Crippen LogP contribution in [0.3, 0.4) is 0 Å². The van der Waals surface area contributed by atoms with Crippen molar-refractivity contribution in [2.45, 2.75) is 48.8 Å². The molecule has 29 heavy (non-hydrogen) atoms. The van der Waals surface area contributed by atoms with Crippen LogP contribution >= 0.6 is 0 Å². The first-order chi connectivity index (χ1) is 12.6. The van der Waals surface area contributed by atoms with Crippen LogP contribution in [-0.4, -0.2) is 141 Å². The molecule has 0 aromatic heterocycles. The number of hydrogen-bond donors (Lipinski definition) is 8. The largest absolute Gasteiger partial charge is 4.00 e. The van der Waals surface area contributed by atoms with Crippen molar-refractivity contribution in [1.29, 1.82) is 0 Å². The van der Waals surface area contributed by atoms with Gasteiger partial charge in [0.1, 0.15) is 48.8 Å². The second-order valence-electron chi connectivity index (χ2n) is 5.02. The monoisotopic (exact) mass is 624 g/mol. The van der Waals surface area contributed by atoms with E-state index < -0.39 is 72.7 Å². The summed E-state index contributed by atoms with van der Waals surface area (Å²) in [7, 11) is 0. The van der Waals surface area contributed by atoms with Gasteiger partial charge in [0.2, 0.25) is 0 Å². The molecule has 8 N–H and O–H groups in total. The molecule has 17 heteroatoms. The molecule has 0 bridgehead atoms. The number of rotatable bonds is 10. The van der Waals surface area contributed by atoms with Gasteiger partial charge in [-0.15, -0.1) is 0 Å². The van der Waals surface area contributed by atoms with Gasteiger partial charge in [-0.1, -0.05) is 0 Å². The van der Waals surface area contributed by atoms with Crippen molar-refractivity contribution in [3.63, 3.8) is 0 Å². The molecule has 0 unspecified atom stereocenters. The van der Waals surface area contributed by atoms with Crippen molar-refractivity contribution in [3.8, 4) is 0 Å². The standard InChI is InChI=1S/2C6H10O8.Pb/c2*7-1(3(9)5(11)12)2(8)4(10)6(13)14;/h2*1-4,7-10H,(H,11,12)(H,13,14);/q;;+4/p-4/t2*1-,2-,3-,4+;/m00./s1. The molecule has 0 radical (unpaired) electrons. The van der Waals surface area contributed by atoms with E-state index in [1.165, 1.54) is 0 Å². The maximum absolute atomic E-state index is 9.96. The number of carbonyl (C=O) groups is 4. The first-order valence-corrected chi connectivity index (χ1v) is 6.85. The summed E-state index contributed by atoms with van der Waals surface area (Å²) in [5, 5.41) is 109. The van der Waals surface area contributed by atoms with Gasteiger partial charge in [-0.2, -0.15) is 0 Å². The van der Waals surface area contributed by atoms with Crippen LogP contribution in [0.1, 0.15) is 0 Å². The van der Waals surface area contributed by atoms with Crippen LogP contribution in [0.4, 0.5) is 0 Å². The number of aliphatic carboxylic acids is 4. The maximum atomic E-state index is 9.96. The van der Waals surface area contributed by atoms with E-state index in [2.05, 4.69) is 0 Å². The molecule has 0 spiro atoms. The van der Waals surface area contributed by atoms with Crippen LogP contribution in [0.2, 0.25) is 0 Å². The van der Waals surface area contributed by atoms with E-state index in [4.69, 9.17) is 40.9 Å². The Morgan fingerprint density at radius 1 is 0.414 bits per heavy atom. The van der Waals surface area contributed by atoms with E-state index in [0.29, 0.717) is 0 Å². The third kappa shape index (κ3) is 10.7. The van der Waals surface area contributed by atoms with Crippen molar-refractivity contribution >= 4 is 51.2 Å². The van der Waals surface area contributed by atoms with E-state index in [1.807, 2.05) is 0 Å². The fourth-order valence-corrected chi connectivity index (χ4v) is 1.30. The summed E-state index contributed by atoms with van der Waals surface area (Å²) in [6.45, 7) is 0. The minimum atomic E-state index is -2.50. The number of aliphatic hydroxyl groups excluding tert-OH is 8. The molecular formula is C12H16O16Pb. The number of hydrogen-bond acceptors (Lipinski definition) is 16. The molecule has 164 valence electrons. The van der Waals surface area contributed by atoms with Gasteiger partial charge >= 0.3 is 27.3 Å². The van der Waals surface area contributed by atoms with Gasteiger partial charge in [0.05, 0.1) is 23.9 Å². The summed E-state index contributed by atoms with van der Waals surface area (Å²) in [6.07, 6.45) is -19.5. The number of aliphatic hydroxyl groups is 8. The topological polar surface area (TPSA) is 322 Å². The maximum Gasteiger partial charge on any atom is 4.00 e. The summed E-state index contributed by atoms with van der Waals surface area (Å²) >= 11 is 0. The van der Waals surface area contributed by atoms with Crippen LogP contribution in [0.25, 0.3) is 0 Å². The summed E-state index contributed by atoms with van der Waals surface area (Å²) in [4.78, 5) is 39.8. The van der Waals surface area contributed by atoms with Crippen LogP contribution in [0, 0.1) is 0 Å². The molecule has 0 saturated heterocycles. The SMILES string of the molecule is O=C([O-])[C@@H](O)[C@@H](O)[C@H](O)[C@@H](O)C(=O)[O-].O=C([O-])[C@@H](O)[C@@H](O)[C@H](O)[C@@H](O)C(=O)[O-].[Pb+4]. The Bertz CT molecular complexity index is 458. The fourth-order valence-electron chi connectivity index (χ4n) is 1.30. The molecule has 0 aromatic carbocycles. The zero-order valence-electron chi connectivity index (χ0n) is 14.0. The van der Waals surface area contributed by atoms with E-state index in [1.54, 1.807) is 0 Å². The normalized spacial score (nSPS) is 18.8. The van der Waals surface area contributed by atoms with Gasteiger partial charge in [-0.25, -0.2) is 0 Å². The van der Waals surface area contributed by atoms with Crippen molar-refractivity contribution in [2.24, 2.45) is 0 Å². The minimum Gasteiger partial charge on any atom is -0.547 e. The van der Waals surface area contributed by atoms with Gasteiger partial charge < -0.3 is 80.5 Å². The van der Waals surface area contributed by atoms with Gasteiger partial charge in [-0.3, -0.25) is 0 Å². The smallest absolute Gasteiger partial charge is 0.547 e. The first kappa shape index (κ1) is 32.2. The Morgan fingerprint density at radius 2 is 0.517 bits per heavy atom. The molecule has 0 aromatic rings. The third-order valence-corrected chi connectivity index (χ3v) is 2.96. The van der Waals surface area contributed by atoms with Crippen molar-refractivity contribution in [2.75, 3.05) is 0 Å². The molecule has 0 aliphatic rings. The fraction of sp³-hybridized carbons (Fsp3) is 0.667. The molecule has 0 aliphatic carbocycles. The Hall–Kier alpha value is -1.52. The Balaban J connectivity index is -0.000000451. The molecule has 0 fully saturated rings. The van der Waals surface area contributed by atoms with Crippen LogP contribution in [-0.2, 0) is 19.2 Å². The van der Waals surface area contributed by atoms with Crippen LogP contribution in [0.15, 0.2) is 0 Å². The molecule has 16 nitrogen and oxygen atoms in total. The van der Waals surface area contributed by atoms with Crippen molar-refractivity contribution < 1.29 is 80.5 Å². The Morgan fingerprint density at radius 3 is 0.586 bits per heavy atom. The van der Waals surface area contributed by atoms with E-state index in [9.17, 15) is 39.6 Å². The Labute approximate surface area is 180 Å². The second kappa shape index (κ2) is 14.5. The number of carboxylic acid groups (broad SMARTS) is 4. The molecular weight excluding hydrogens is 607 g/mol. The first-order valence-electron chi connectivity index (χ1n) is 6.85. The molecule has 8 atom stereocenters. The molecule has 0 rings (SSSR count). The average molecular weight is 623 g/mol. The third-order valence-electron chi connectivity index (χ3n) is 2.96. The summed E-state index contributed by atoms with van der Waals surface area (Å²) in [6, 6.07) is 0. The summed E-state index contributed by atoms with van der Waals surface area (Å²) < 4.78 is 0. The zero-order chi connectivity index (χ0) is 22.9.